The molecule has 1 unspecified atom stereocenters. The second-order valence-electron chi connectivity index (χ2n) is 4.30. The summed E-state index contributed by atoms with van der Waals surface area (Å²) < 4.78 is 0. The van der Waals surface area contributed by atoms with E-state index in [0.717, 1.165) is 18.6 Å². The van der Waals surface area contributed by atoms with Crippen molar-refractivity contribution in [1.82, 2.24) is 0 Å². The highest BCUT2D eigenvalue weighted by Gasteiger charge is 2.29. The Bertz CT molecular complexity index is 471. The first-order valence-corrected chi connectivity index (χ1v) is 7.41. The summed E-state index contributed by atoms with van der Waals surface area (Å²) >= 11 is 7.40. The van der Waals surface area contributed by atoms with Crippen LogP contribution in [0, 0.1) is 0 Å². The Labute approximate surface area is 120 Å². The van der Waals surface area contributed by atoms with E-state index in [9.17, 15) is 9.59 Å². The zero-order valence-electron chi connectivity index (χ0n) is 10.2. The van der Waals surface area contributed by atoms with Gasteiger partial charge in [0.1, 0.15) is 6.54 Å². The van der Waals surface area contributed by atoms with Crippen LogP contribution in [-0.4, -0.2) is 34.5 Å². The van der Waals surface area contributed by atoms with Crippen molar-refractivity contribution in [2.24, 2.45) is 0 Å². The molecule has 1 aromatic rings. The minimum absolute atomic E-state index is 0.130. The summed E-state index contributed by atoms with van der Waals surface area (Å²) in [5.74, 6) is -0.198. The maximum absolute atomic E-state index is 12.4. The molecule has 0 spiro atoms. The van der Waals surface area contributed by atoms with Crippen LogP contribution in [0.25, 0.3) is 0 Å². The molecule has 1 amide bonds. The number of anilines is 1. The lowest BCUT2D eigenvalue weighted by atomic mass is 10.2. The van der Waals surface area contributed by atoms with E-state index in [1.165, 1.54) is 4.90 Å². The van der Waals surface area contributed by atoms with E-state index in [-0.39, 0.29) is 17.7 Å². The maximum atomic E-state index is 12.4. The molecule has 19 heavy (non-hydrogen) atoms. The molecule has 0 saturated carbocycles. The van der Waals surface area contributed by atoms with E-state index in [4.69, 9.17) is 16.7 Å². The Balaban J connectivity index is 2.21. The molecular formula is C13H14ClNO3S. The van der Waals surface area contributed by atoms with Gasteiger partial charge in [0.15, 0.2) is 0 Å². The van der Waals surface area contributed by atoms with Gasteiger partial charge in [0, 0.05) is 10.7 Å². The number of carbonyl (C=O) groups is 2. The zero-order chi connectivity index (χ0) is 13.8. The van der Waals surface area contributed by atoms with Gasteiger partial charge < -0.3 is 10.0 Å². The Morgan fingerprint density at radius 2 is 2.05 bits per heavy atom. The number of amides is 1. The number of rotatable bonds is 4. The number of carboxylic acids is 1. The van der Waals surface area contributed by atoms with Crippen LogP contribution in [0.5, 0.6) is 0 Å². The van der Waals surface area contributed by atoms with E-state index in [1.54, 1.807) is 36.0 Å². The highest BCUT2D eigenvalue weighted by molar-refractivity contribution is 8.00. The highest BCUT2D eigenvalue weighted by atomic mass is 35.5. The van der Waals surface area contributed by atoms with E-state index in [0.29, 0.717) is 10.7 Å². The van der Waals surface area contributed by atoms with Crippen molar-refractivity contribution in [2.45, 2.75) is 18.1 Å². The molecule has 2 rings (SSSR count). The quantitative estimate of drug-likeness (QED) is 0.928. The summed E-state index contributed by atoms with van der Waals surface area (Å²) in [6.07, 6.45) is 1.82. The van der Waals surface area contributed by atoms with Crippen LogP contribution in [0.1, 0.15) is 12.8 Å². The Morgan fingerprint density at radius 1 is 1.37 bits per heavy atom. The lowest BCUT2D eigenvalue weighted by molar-refractivity contribution is -0.136. The fourth-order valence-corrected chi connectivity index (χ4v) is 3.35. The monoisotopic (exact) mass is 299 g/mol. The van der Waals surface area contributed by atoms with Crippen molar-refractivity contribution < 1.29 is 14.7 Å². The molecule has 6 heteroatoms. The van der Waals surface area contributed by atoms with Crippen molar-refractivity contribution in [3.63, 3.8) is 0 Å². The van der Waals surface area contributed by atoms with Crippen molar-refractivity contribution >= 4 is 40.9 Å². The van der Waals surface area contributed by atoms with Gasteiger partial charge in [0.05, 0.1) is 5.25 Å². The lowest BCUT2D eigenvalue weighted by Crippen LogP contribution is -2.40. The number of carbonyl (C=O) groups excluding carboxylic acids is 1. The van der Waals surface area contributed by atoms with Gasteiger partial charge in [-0.25, -0.2) is 0 Å². The normalized spacial score (nSPS) is 18.3. The molecule has 0 bridgehead atoms. The predicted octanol–water partition coefficient (Wildman–Crippen LogP) is 2.65. The van der Waals surface area contributed by atoms with Crippen LogP contribution in [0.4, 0.5) is 5.69 Å². The lowest BCUT2D eigenvalue weighted by Gasteiger charge is -2.23. The zero-order valence-corrected chi connectivity index (χ0v) is 11.8. The number of aliphatic carboxylic acids is 1. The fraction of sp³-hybridized carbons (Fsp3) is 0.385. The summed E-state index contributed by atoms with van der Waals surface area (Å²) in [5, 5.41) is 9.39. The third-order valence-corrected chi connectivity index (χ3v) is 4.52. The predicted molar refractivity (Wildman–Crippen MR) is 76.9 cm³/mol. The van der Waals surface area contributed by atoms with Crippen molar-refractivity contribution in [3.8, 4) is 0 Å². The summed E-state index contributed by atoms with van der Waals surface area (Å²) in [6, 6.07) is 6.65. The molecule has 4 nitrogen and oxygen atoms in total. The minimum atomic E-state index is -1.02. The fourth-order valence-electron chi connectivity index (χ4n) is 2.00. The summed E-state index contributed by atoms with van der Waals surface area (Å²) in [7, 11) is 0. The number of halogens is 1. The number of nitrogens with zero attached hydrogens (tertiary/aromatic N) is 1. The van der Waals surface area contributed by atoms with Crippen LogP contribution in [0.2, 0.25) is 5.02 Å². The van der Waals surface area contributed by atoms with Gasteiger partial charge in [0.2, 0.25) is 5.91 Å². The van der Waals surface area contributed by atoms with Crippen LogP contribution in [0.3, 0.4) is 0 Å². The summed E-state index contributed by atoms with van der Waals surface area (Å²) in [5.41, 5.74) is 0.573. The molecule has 0 aromatic heterocycles. The van der Waals surface area contributed by atoms with E-state index >= 15 is 0 Å². The van der Waals surface area contributed by atoms with Gasteiger partial charge in [0.25, 0.3) is 0 Å². The number of hydrogen-bond donors (Lipinski definition) is 1. The number of carboxylic acid groups (broad SMARTS) is 1. The molecule has 1 aliphatic rings. The van der Waals surface area contributed by atoms with E-state index in [1.807, 2.05) is 0 Å². The molecule has 1 atom stereocenters. The topological polar surface area (TPSA) is 57.6 Å². The number of hydrogen-bond acceptors (Lipinski definition) is 3. The highest BCUT2D eigenvalue weighted by Crippen LogP contribution is 2.29. The molecular weight excluding hydrogens is 286 g/mol. The van der Waals surface area contributed by atoms with Crippen molar-refractivity contribution in [3.05, 3.63) is 29.3 Å². The third-order valence-electron chi connectivity index (χ3n) is 2.90. The first kappa shape index (κ1) is 14.2. The smallest absolute Gasteiger partial charge is 0.323 e. The van der Waals surface area contributed by atoms with Crippen molar-refractivity contribution in [2.75, 3.05) is 17.2 Å². The molecule has 0 radical (unpaired) electrons. The molecule has 1 aromatic carbocycles. The van der Waals surface area contributed by atoms with Gasteiger partial charge in [-0.05, 0) is 42.9 Å². The van der Waals surface area contributed by atoms with Crippen LogP contribution >= 0.6 is 23.4 Å². The SMILES string of the molecule is O=C(O)CN(C(=O)C1CCCS1)c1ccc(Cl)cc1. The maximum Gasteiger partial charge on any atom is 0.323 e. The Hall–Kier alpha value is -1.20. The average molecular weight is 300 g/mol. The van der Waals surface area contributed by atoms with Crippen molar-refractivity contribution in [1.29, 1.82) is 0 Å². The number of benzene rings is 1. The molecule has 1 fully saturated rings. The Kier molecular flexibility index (Phi) is 4.71. The van der Waals surface area contributed by atoms with Gasteiger partial charge in [-0.2, -0.15) is 0 Å². The number of thioether (sulfide) groups is 1. The molecule has 102 valence electrons. The first-order chi connectivity index (χ1) is 9.08. The molecule has 1 heterocycles. The molecule has 1 N–H and O–H groups in total. The second-order valence-corrected chi connectivity index (χ2v) is 6.04. The van der Waals surface area contributed by atoms with Gasteiger partial charge in [-0.15, -0.1) is 11.8 Å². The van der Waals surface area contributed by atoms with Crippen LogP contribution < -0.4 is 4.90 Å². The van der Waals surface area contributed by atoms with E-state index in [2.05, 4.69) is 0 Å². The van der Waals surface area contributed by atoms with Crippen LogP contribution in [-0.2, 0) is 9.59 Å². The van der Waals surface area contributed by atoms with Gasteiger partial charge in [-0.1, -0.05) is 11.6 Å². The first-order valence-electron chi connectivity index (χ1n) is 5.98. The van der Waals surface area contributed by atoms with Gasteiger partial charge >= 0.3 is 5.97 Å². The molecule has 1 saturated heterocycles. The minimum Gasteiger partial charge on any atom is -0.480 e. The summed E-state index contributed by atoms with van der Waals surface area (Å²) in [4.78, 5) is 24.6. The van der Waals surface area contributed by atoms with Gasteiger partial charge in [-0.3, -0.25) is 9.59 Å². The standard InChI is InChI=1S/C13H14ClNO3S/c14-9-3-5-10(6-4-9)15(8-12(16)17)13(18)11-2-1-7-19-11/h3-6,11H,1-2,7-8H2,(H,16,17). The third kappa shape index (κ3) is 3.64. The van der Waals surface area contributed by atoms with Crippen LogP contribution in [0.15, 0.2) is 24.3 Å². The van der Waals surface area contributed by atoms with E-state index < -0.39 is 5.97 Å². The Morgan fingerprint density at radius 3 is 2.58 bits per heavy atom. The molecule has 1 aliphatic heterocycles. The summed E-state index contributed by atoms with van der Waals surface area (Å²) in [6.45, 7) is -0.322. The average Bonchev–Trinajstić information content (AvgIpc) is 2.90. The second kappa shape index (κ2) is 6.30. The molecule has 0 aliphatic carbocycles. The largest absolute Gasteiger partial charge is 0.480 e.